The molecule has 1 rings (SSSR count). The first-order valence-electron chi connectivity index (χ1n) is 8.27. The van der Waals surface area contributed by atoms with Crippen LogP contribution in [-0.4, -0.2) is 18.0 Å². The molecule has 134 valence electrons. The number of halogens is 2. The summed E-state index contributed by atoms with van der Waals surface area (Å²) < 4.78 is 10.4. The molecule has 0 radical (unpaired) electrons. The summed E-state index contributed by atoms with van der Waals surface area (Å²) in [6, 6.07) is 4.63. The lowest BCUT2D eigenvalue weighted by atomic mass is 10.1. The molecule has 1 aromatic rings. The van der Waals surface area contributed by atoms with E-state index in [1.165, 1.54) is 12.1 Å². The lowest BCUT2D eigenvalue weighted by molar-refractivity contribution is -0.148. The van der Waals surface area contributed by atoms with Crippen molar-refractivity contribution in [2.45, 2.75) is 64.9 Å². The van der Waals surface area contributed by atoms with Gasteiger partial charge < -0.3 is 9.47 Å². The van der Waals surface area contributed by atoms with Crippen molar-refractivity contribution < 1.29 is 19.1 Å². The van der Waals surface area contributed by atoms with Crippen LogP contribution in [0.3, 0.4) is 0 Å². The Hall–Kier alpha value is -1.26. The summed E-state index contributed by atoms with van der Waals surface area (Å²) in [7, 11) is 0. The van der Waals surface area contributed by atoms with Crippen molar-refractivity contribution in [2.75, 3.05) is 0 Å². The molecular formula is C18H24Cl2O4. The second-order valence-electron chi connectivity index (χ2n) is 5.70. The van der Waals surface area contributed by atoms with Crippen LogP contribution >= 0.6 is 23.2 Å². The number of hydrogen-bond acceptors (Lipinski definition) is 4. The number of rotatable bonds is 10. The first kappa shape index (κ1) is 20.8. The average Bonchev–Trinajstić information content (AvgIpc) is 2.50. The van der Waals surface area contributed by atoms with E-state index in [-0.39, 0.29) is 35.7 Å². The highest BCUT2D eigenvalue weighted by molar-refractivity contribution is 6.35. The molecule has 0 N–H and O–H groups in total. The van der Waals surface area contributed by atoms with Crippen molar-refractivity contribution in [1.82, 2.24) is 0 Å². The molecule has 0 aromatic heterocycles. The van der Waals surface area contributed by atoms with Crippen LogP contribution in [0, 0.1) is 0 Å². The van der Waals surface area contributed by atoms with Gasteiger partial charge in [0.1, 0.15) is 5.75 Å². The van der Waals surface area contributed by atoms with E-state index in [0.29, 0.717) is 11.4 Å². The third-order valence-corrected chi connectivity index (χ3v) is 3.96. The number of esters is 2. The maximum atomic E-state index is 11.8. The summed E-state index contributed by atoms with van der Waals surface area (Å²) in [5, 5.41) is 0.742. The zero-order valence-corrected chi connectivity index (χ0v) is 15.7. The van der Waals surface area contributed by atoms with Crippen molar-refractivity contribution in [3.05, 3.63) is 28.2 Å². The molecule has 6 heteroatoms. The topological polar surface area (TPSA) is 52.6 Å². The molecule has 0 fully saturated rings. The normalized spacial score (nSPS) is 11.8. The second kappa shape index (κ2) is 11.3. The highest BCUT2D eigenvalue weighted by atomic mass is 35.5. The number of unbranched alkanes of at least 4 members (excludes halogenated alkanes) is 2. The fraction of sp³-hybridized carbons (Fsp3) is 0.556. The lowest BCUT2D eigenvalue weighted by Crippen LogP contribution is -2.15. The predicted molar refractivity (Wildman–Crippen MR) is 95.6 cm³/mol. The van der Waals surface area contributed by atoms with Gasteiger partial charge in [-0.3, -0.25) is 9.59 Å². The zero-order chi connectivity index (χ0) is 17.9. The maximum Gasteiger partial charge on any atom is 0.311 e. The first-order valence-corrected chi connectivity index (χ1v) is 9.03. The van der Waals surface area contributed by atoms with E-state index in [0.717, 1.165) is 25.7 Å². The molecule has 0 heterocycles. The first-order chi connectivity index (χ1) is 11.4. The van der Waals surface area contributed by atoms with Gasteiger partial charge in [0.2, 0.25) is 0 Å². The summed E-state index contributed by atoms with van der Waals surface area (Å²) in [6.45, 7) is 4.03. The summed E-state index contributed by atoms with van der Waals surface area (Å²) in [6.07, 6.45) is 4.82. The van der Waals surface area contributed by atoms with Gasteiger partial charge in [-0.1, -0.05) is 43.0 Å². The van der Waals surface area contributed by atoms with Gasteiger partial charge in [-0.2, -0.15) is 0 Å². The molecule has 24 heavy (non-hydrogen) atoms. The Balaban J connectivity index is 2.23. The molecule has 4 nitrogen and oxygen atoms in total. The van der Waals surface area contributed by atoms with Gasteiger partial charge in [0.15, 0.2) is 0 Å². The minimum absolute atomic E-state index is 0.0797. The number of carbonyl (C=O) groups is 2. The molecule has 0 aliphatic heterocycles. The van der Waals surface area contributed by atoms with Crippen LogP contribution in [0.4, 0.5) is 0 Å². The van der Waals surface area contributed by atoms with Crippen LogP contribution in [-0.2, 0) is 14.3 Å². The van der Waals surface area contributed by atoms with Crippen LogP contribution in [0.2, 0.25) is 10.0 Å². The standard InChI is InChI=1S/C18H24Cl2O4/c1-3-4-5-7-13(2)23-17(21)8-6-9-18(22)24-16-11-10-14(19)12-15(16)20/h10-13H,3-9H2,1-2H3. The molecule has 0 saturated heterocycles. The molecule has 0 spiro atoms. The van der Waals surface area contributed by atoms with Gasteiger partial charge in [-0.05, 0) is 44.4 Å². The van der Waals surface area contributed by atoms with E-state index in [4.69, 9.17) is 32.7 Å². The highest BCUT2D eigenvalue weighted by Gasteiger charge is 2.12. The van der Waals surface area contributed by atoms with Gasteiger partial charge in [-0.25, -0.2) is 0 Å². The van der Waals surface area contributed by atoms with Gasteiger partial charge in [0, 0.05) is 17.9 Å². The van der Waals surface area contributed by atoms with Crippen molar-refractivity contribution in [1.29, 1.82) is 0 Å². The van der Waals surface area contributed by atoms with Crippen LogP contribution in [0.5, 0.6) is 5.75 Å². The Morgan fingerprint density at radius 3 is 2.46 bits per heavy atom. The summed E-state index contributed by atoms with van der Waals surface area (Å²) in [5.41, 5.74) is 0. The van der Waals surface area contributed by atoms with E-state index in [1.54, 1.807) is 6.07 Å². The minimum Gasteiger partial charge on any atom is -0.463 e. The van der Waals surface area contributed by atoms with E-state index >= 15 is 0 Å². The largest absolute Gasteiger partial charge is 0.463 e. The fourth-order valence-corrected chi connectivity index (χ4v) is 2.58. The van der Waals surface area contributed by atoms with E-state index in [9.17, 15) is 9.59 Å². The SMILES string of the molecule is CCCCCC(C)OC(=O)CCCC(=O)Oc1ccc(Cl)cc1Cl. The third kappa shape index (κ3) is 8.55. The second-order valence-corrected chi connectivity index (χ2v) is 6.54. The number of hydrogen-bond donors (Lipinski definition) is 0. The third-order valence-electron chi connectivity index (χ3n) is 3.43. The maximum absolute atomic E-state index is 11.8. The summed E-state index contributed by atoms with van der Waals surface area (Å²) in [5.74, 6) is -0.461. The van der Waals surface area contributed by atoms with Crippen LogP contribution < -0.4 is 4.74 Å². The molecular weight excluding hydrogens is 351 g/mol. The minimum atomic E-state index is -0.442. The van der Waals surface area contributed by atoms with Gasteiger partial charge in [0.25, 0.3) is 0 Å². The number of ether oxygens (including phenoxy) is 2. The quantitative estimate of drug-likeness (QED) is 0.304. The molecule has 0 bridgehead atoms. The molecule has 0 amide bonds. The number of carbonyl (C=O) groups excluding carboxylic acids is 2. The van der Waals surface area contributed by atoms with Crippen LogP contribution in [0.15, 0.2) is 18.2 Å². The van der Waals surface area contributed by atoms with Crippen LogP contribution in [0.1, 0.15) is 58.8 Å². The molecule has 1 aromatic carbocycles. The Bertz CT molecular complexity index is 546. The van der Waals surface area contributed by atoms with Crippen molar-refractivity contribution in [3.8, 4) is 5.75 Å². The van der Waals surface area contributed by atoms with Crippen molar-refractivity contribution in [2.24, 2.45) is 0 Å². The highest BCUT2D eigenvalue weighted by Crippen LogP contribution is 2.27. The monoisotopic (exact) mass is 374 g/mol. The van der Waals surface area contributed by atoms with E-state index < -0.39 is 5.97 Å². The molecule has 0 saturated carbocycles. The average molecular weight is 375 g/mol. The van der Waals surface area contributed by atoms with Gasteiger partial charge in [-0.15, -0.1) is 0 Å². The van der Waals surface area contributed by atoms with Gasteiger partial charge >= 0.3 is 11.9 Å². The Kier molecular flexibility index (Phi) is 9.80. The van der Waals surface area contributed by atoms with Crippen LogP contribution in [0.25, 0.3) is 0 Å². The smallest absolute Gasteiger partial charge is 0.311 e. The van der Waals surface area contributed by atoms with E-state index in [1.807, 2.05) is 6.92 Å². The number of benzene rings is 1. The summed E-state index contributed by atoms with van der Waals surface area (Å²) >= 11 is 11.7. The Labute approximate surface area is 153 Å². The van der Waals surface area contributed by atoms with Crippen molar-refractivity contribution >= 4 is 35.1 Å². The lowest BCUT2D eigenvalue weighted by Gasteiger charge is -2.12. The molecule has 0 aliphatic carbocycles. The Morgan fingerprint density at radius 2 is 1.79 bits per heavy atom. The molecule has 1 atom stereocenters. The Morgan fingerprint density at radius 1 is 1.08 bits per heavy atom. The van der Waals surface area contributed by atoms with Gasteiger partial charge in [0.05, 0.1) is 11.1 Å². The van der Waals surface area contributed by atoms with E-state index in [2.05, 4.69) is 6.92 Å². The van der Waals surface area contributed by atoms with Crippen molar-refractivity contribution in [3.63, 3.8) is 0 Å². The molecule has 1 unspecified atom stereocenters. The zero-order valence-electron chi connectivity index (χ0n) is 14.1. The molecule has 0 aliphatic rings. The predicted octanol–water partition coefficient (Wildman–Crippen LogP) is 5.58. The fourth-order valence-electron chi connectivity index (χ4n) is 2.13. The summed E-state index contributed by atoms with van der Waals surface area (Å²) in [4.78, 5) is 23.5.